The summed E-state index contributed by atoms with van der Waals surface area (Å²) in [4.78, 5) is 15.1. The lowest BCUT2D eigenvalue weighted by atomic mass is 10.1. The Morgan fingerprint density at radius 2 is 1.72 bits per heavy atom. The van der Waals surface area contributed by atoms with Crippen LogP contribution in [0.5, 0.6) is 5.75 Å². The van der Waals surface area contributed by atoms with Gasteiger partial charge in [0.2, 0.25) is 0 Å². The fourth-order valence-electron chi connectivity index (χ4n) is 3.24. The maximum Gasteiger partial charge on any atom is 0.262 e. The van der Waals surface area contributed by atoms with Gasteiger partial charge in [0.25, 0.3) is 5.91 Å². The Bertz CT molecular complexity index is 1120. The van der Waals surface area contributed by atoms with Gasteiger partial charge in [-0.15, -0.1) is 0 Å². The van der Waals surface area contributed by atoms with Crippen LogP contribution in [0.1, 0.15) is 11.1 Å². The Labute approximate surface area is 192 Å². The van der Waals surface area contributed by atoms with E-state index >= 15 is 0 Å². The molecule has 4 rings (SSSR count). The van der Waals surface area contributed by atoms with E-state index < -0.39 is 0 Å². The van der Waals surface area contributed by atoms with Gasteiger partial charge < -0.3 is 4.74 Å². The largest absolute Gasteiger partial charge is 0.496 e. The van der Waals surface area contributed by atoms with Crippen molar-refractivity contribution in [3.63, 3.8) is 0 Å². The molecule has 5 heteroatoms. The first-order valence-electron chi connectivity index (χ1n) is 8.99. The molecule has 1 aliphatic rings. The van der Waals surface area contributed by atoms with Crippen LogP contribution in [0.25, 0.3) is 11.8 Å². The molecule has 0 atom stereocenters. The first-order valence-corrected chi connectivity index (χ1v) is 10.9. The number of ether oxygens (including phenoxy) is 1. The van der Waals surface area contributed by atoms with E-state index in [0.29, 0.717) is 5.57 Å². The van der Waals surface area contributed by atoms with Gasteiger partial charge in [0.15, 0.2) is 0 Å². The summed E-state index contributed by atoms with van der Waals surface area (Å²) in [5.74, 6) is 0.711. The third-order valence-electron chi connectivity index (χ3n) is 4.64. The van der Waals surface area contributed by atoms with Crippen molar-refractivity contribution in [1.29, 1.82) is 0 Å². The molecule has 0 aliphatic carbocycles. The second-order valence-electron chi connectivity index (χ2n) is 6.51. The maximum atomic E-state index is 13.4. The maximum absolute atomic E-state index is 13.4. The summed E-state index contributed by atoms with van der Waals surface area (Å²) in [6.45, 7) is 0. The highest BCUT2D eigenvalue weighted by atomic mass is 127. The molecule has 29 heavy (non-hydrogen) atoms. The third-order valence-corrected chi connectivity index (χ3v) is 5.97. The first-order chi connectivity index (χ1) is 14.1. The van der Waals surface area contributed by atoms with Crippen molar-refractivity contribution in [3.8, 4) is 5.75 Å². The number of nitrogens with zero attached hydrogens (tertiary/aromatic N) is 1. The van der Waals surface area contributed by atoms with Crippen LogP contribution in [0, 0.1) is 3.57 Å². The highest BCUT2D eigenvalue weighted by molar-refractivity contribution is 14.1. The predicted molar refractivity (Wildman–Crippen MR) is 130 cm³/mol. The fourth-order valence-corrected chi connectivity index (χ4v) is 4.15. The molecule has 0 saturated heterocycles. The molecule has 3 nitrogen and oxygen atoms in total. The number of carbonyl (C=O) groups is 1. The Balaban J connectivity index is 1.79. The molecular formula is C24H17BrINO2. The highest BCUT2D eigenvalue weighted by Gasteiger charge is 2.30. The second kappa shape index (κ2) is 8.55. The van der Waals surface area contributed by atoms with Gasteiger partial charge in [-0.1, -0.05) is 36.4 Å². The number of rotatable bonds is 4. The fraction of sp³-hybridized carbons (Fsp3) is 0.0417. The predicted octanol–water partition coefficient (Wildman–Crippen LogP) is 6.53. The number of carbonyl (C=O) groups excluding carboxylic acids is 1. The molecule has 3 aromatic rings. The summed E-state index contributed by atoms with van der Waals surface area (Å²) in [5.41, 5.74) is 4.28. The average Bonchev–Trinajstić information content (AvgIpc) is 3.06. The zero-order chi connectivity index (χ0) is 20.4. The molecule has 1 aliphatic heterocycles. The van der Waals surface area contributed by atoms with Crippen molar-refractivity contribution in [1.82, 2.24) is 0 Å². The number of anilines is 1. The van der Waals surface area contributed by atoms with Crippen molar-refractivity contribution >= 4 is 61.9 Å². The van der Waals surface area contributed by atoms with Crippen molar-refractivity contribution < 1.29 is 9.53 Å². The van der Waals surface area contributed by atoms with Gasteiger partial charge in [0.05, 0.1) is 17.3 Å². The van der Waals surface area contributed by atoms with Crippen molar-refractivity contribution in [3.05, 3.63) is 104 Å². The van der Waals surface area contributed by atoms with Crippen LogP contribution in [-0.2, 0) is 4.79 Å². The lowest BCUT2D eigenvalue weighted by molar-refractivity contribution is -0.113. The summed E-state index contributed by atoms with van der Waals surface area (Å²) in [7, 11) is 1.63. The van der Waals surface area contributed by atoms with E-state index in [1.54, 1.807) is 12.0 Å². The molecule has 1 amide bonds. The quantitative estimate of drug-likeness (QED) is 0.269. The van der Waals surface area contributed by atoms with E-state index in [9.17, 15) is 4.79 Å². The third kappa shape index (κ3) is 4.16. The van der Waals surface area contributed by atoms with Crippen LogP contribution in [0.15, 0.2) is 88.9 Å². The van der Waals surface area contributed by atoms with E-state index in [4.69, 9.17) is 4.74 Å². The summed E-state index contributed by atoms with van der Waals surface area (Å²) < 4.78 is 7.27. The minimum absolute atomic E-state index is 0.0444. The number of methoxy groups -OCH3 is 1. The van der Waals surface area contributed by atoms with Crippen molar-refractivity contribution in [2.75, 3.05) is 12.0 Å². The highest BCUT2D eigenvalue weighted by Crippen LogP contribution is 2.36. The normalized spacial score (nSPS) is 15.0. The molecular weight excluding hydrogens is 541 g/mol. The number of halogens is 2. The van der Waals surface area contributed by atoms with Crippen molar-refractivity contribution in [2.45, 2.75) is 0 Å². The summed E-state index contributed by atoms with van der Waals surface area (Å²) in [5, 5.41) is 0. The van der Waals surface area contributed by atoms with E-state index in [1.165, 1.54) is 0 Å². The summed E-state index contributed by atoms with van der Waals surface area (Å²) in [6.07, 6.45) is 3.86. The van der Waals surface area contributed by atoms with Gasteiger partial charge in [0, 0.05) is 14.8 Å². The number of hydrogen-bond donors (Lipinski definition) is 0. The zero-order valence-corrected chi connectivity index (χ0v) is 19.3. The molecule has 0 aromatic heterocycles. The molecule has 0 radical (unpaired) electrons. The Hall–Kier alpha value is -2.38. The monoisotopic (exact) mass is 557 g/mol. The molecule has 0 saturated carbocycles. The standard InChI is InChI=1S/C24H17BrINO2/c1-29-23-12-7-16(14-21(23)25)13-18-15-22(17-5-3-2-4-6-17)27(24(18)28)20-10-8-19(26)9-11-20/h2-15H,1H3/b18-13-. The minimum atomic E-state index is -0.0444. The Morgan fingerprint density at radius 1 is 1.00 bits per heavy atom. The van der Waals surface area contributed by atoms with Gasteiger partial charge in [-0.25, -0.2) is 0 Å². The average molecular weight is 558 g/mol. The Morgan fingerprint density at radius 3 is 2.38 bits per heavy atom. The SMILES string of the molecule is COc1ccc(/C=C2/C=C(c3ccccc3)N(c3ccc(I)cc3)C2=O)cc1Br. The van der Waals surface area contributed by atoms with E-state index in [0.717, 1.165) is 36.3 Å². The van der Waals surface area contributed by atoms with Crippen LogP contribution in [-0.4, -0.2) is 13.0 Å². The Kier molecular flexibility index (Phi) is 5.87. The van der Waals surface area contributed by atoms with Crippen LogP contribution >= 0.6 is 38.5 Å². The molecule has 3 aromatic carbocycles. The summed E-state index contributed by atoms with van der Waals surface area (Å²) in [6, 6.07) is 23.7. The first kappa shape index (κ1) is 19.9. The molecule has 0 unspecified atom stereocenters. The van der Waals surface area contributed by atoms with Crippen LogP contribution < -0.4 is 9.64 Å². The topological polar surface area (TPSA) is 29.5 Å². The van der Waals surface area contributed by atoms with E-state index in [1.807, 2.05) is 84.9 Å². The van der Waals surface area contributed by atoms with Gasteiger partial charge in [-0.05, 0) is 98.2 Å². The minimum Gasteiger partial charge on any atom is -0.496 e. The molecule has 1 heterocycles. The second-order valence-corrected chi connectivity index (χ2v) is 8.61. The van der Waals surface area contributed by atoms with Gasteiger partial charge in [-0.3, -0.25) is 9.69 Å². The van der Waals surface area contributed by atoms with Gasteiger partial charge in [0.1, 0.15) is 5.75 Å². The van der Waals surface area contributed by atoms with E-state index in [2.05, 4.69) is 38.5 Å². The van der Waals surface area contributed by atoms with E-state index in [-0.39, 0.29) is 5.91 Å². The number of benzene rings is 3. The molecule has 144 valence electrons. The lowest BCUT2D eigenvalue weighted by Crippen LogP contribution is -2.24. The smallest absolute Gasteiger partial charge is 0.262 e. The molecule has 0 bridgehead atoms. The van der Waals surface area contributed by atoms with Gasteiger partial charge >= 0.3 is 0 Å². The number of amides is 1. The van der Waals surface area contributed by atoms with Crippen LogP contribution in [0.4, 0.5) is 5.69 Å². The molecule has 0 N–H and O–H groups in total. The molecule has 0 spiro atoms. The zero-order valence-electron chi connectivity index (χ0n) is 15.6. The van der Waals surface area contributed by atoms with Crippen LogP contribution in [0.3, 0.4) is 0 Å². The summed E-state index contributed by atoms with van der Waals surface area (Å²) >= 11 is 5.78. The van der Waals surface area contributed by atoms with Gasteiger partial charge in [-0.2, -0.15) is 0 Å². The number of hydrogen-bond acceptors (Lipinski definition) is 2. The van der Waals surface area contributed by atoms with Crippen molar-refractivity contribution in [2.24, 2.45) is 0 Å². The molecule has 0 fully saturated rings. The lowest BCUT2D eigenvalue weighted by Gasteiger charge is -2.21. The van der Waals surface area contributed by atoms with Crippen LogP contribution in [0.2, 0.25) is 0 Å².